The SMILES string of the molecule is COC(=O)CCN1C(=S)N[C@@H](c2ccccn2)[C@@H]1c1cc(C)n(-c2cc(C)ccn2)c1C. The molecule has 0 amide bonds. The first kappa shape index (κ1) is 22.0. The fraction of sp³-hybridized carbons (Fsp3) is 0.333. The zero-order chi connectivity index (χ0) is 22.8. The van der Waals surface area contributed by atoms with E-state index in [0.29, 0.717) is 11.7 Å². The van der Waals surface area contributed by atoms with E-state index in [2.05, 4.69) is 57.7 Å². The van der Waals surface area contributed by atoms with Crippen LogP contribution >= 0.6 is 12.2 Å². The van der Waals surface area contributed by atoms with E-state index >= 15 is 0 Å². The minimum atomic E-state index is -0.262. The number of carbonyl (C=O) groups excluding carboxylic acids is 1. The maximum absolute atomic E-state index is 11.9. The van der Waals surface area contributed by atoms with Crippen molar-refractivity contribution in [1.82, 2.24) is 24.8 Å². The van der Waals surface area contributed by atoms with Gasteiger partial charge in [-0.3, -0.25) is 9.78 Å². The number of ether oxygens (including phenoxy) is 1. The highest BCUT2D eigenvalue weighted by Gasteiger charge is 2.41. The van der Waals surface area contributed by atoms with Gasteiger partial charge in [0, 0.05) is 30.3 Å². The van der Waals surface area contributed by atoms with Gasteiger partial charge >= 0.3 is 5.97 Å². The lowest BCUT2D eigenvalue weighted by Gasteiger charge is -2.27. The first-order chi connectivity index (χ1) is 15.4. The fourth-order valence-electron chi connectivity index (χ4n) is 4.38. The van der Waals surface area contributed by atoms with Crippen LogP contribution in [-0.2, 0) is 9.53 Å². The molecule has 7 nitrogen and oxygen atoms in total. The van der Waals surface area contributed by atoms with E-state index in [0.717, 1.165) is 34.0 Å². The normalized spacial score (nSPS) is 18.0. The molecule has 0 radical (unpaired) electrons. The number of thiocarbonyl (C=S) groups is 1. The van der Waals surface area contributed by atoms with E-state index in [1.165, 1.54) is 7.11 Å². The van der Waals surface area contributed by atoms with Gasteiger partial charge in [0.15, 0.2) is 5.11 Å². The Morgan fingerprint density at radius 2 is 1.97 bits per heavy atom. The Balaban J connectivity index is 1.80. The third kappa shape index (κ3) is 4.10. The van der Waals surface area contributed by atoms with Gasteiger partial charge in [0.05, 0.1) is 31.3 Å². The van der Waals surface area contributed by atoms with Crippen LogP contribution in [0.5, 0.6) is 0 Å². The summed E-state index contributed by atoms with van der Waals surface area (Å²) in [4.78, 5) is 23.1. The van der Waals surface area contributed by atoms with E-state index in [1.54, 1.807) is 6.20 Å². The Kier molecular flexibility index (Phi) is 6.23. The van der Waals surface area contributed by atoms with Gasteiger partial charge in [-0.15, -0.1) is 0 Å². The molecule has 3 aromatic rings. The molecule has 4 heterocycles. The molecule has 0 aliphatic carbocycles. The summed E-state index contributed by atoms with van der Waals surface area (Å²) < 4.78 is 7.02. The minimum Gasteiger partial charge on any atom is -0.469 e. The quantitative estimate of drug-likeness (QED) is 0.454. The molecule has 1 aliphatic heterocycles. The molecule has 1 aliphatic rings. The van der Waals surface area contributed by atoms with Crippen LogP contribution in [0.25, 0.3) is 5.82 Å². The molecular weight excluding hydrogens is 422 g/mol. The summed E-state index contributed by atoms with van der Waals surface area (Å²) in [5.41, 5.74) is 5.35. The number of rotatable bonds is 6. The molecule has 1 fully saturated rings. The number of carbonyl (C=O) groups is 1. The lowest BCUT2D eigenvalue weighted by Crippen LogP contribution is -2.32. The van der Waals surface area contributed by atoms with Crippen molar-refractivity contribution in [2.24, 2.45) is 0 Å². The van der Waals surface area contributed by atoms with Crippen LogP contribution in [0.1, 0.15) is 46.7 Å². The van der Waals surface area contributed by atoms with Crippen molar-refractivity contribution >= 4 is 23.3 Å². The van der Waals surface area contributed by atoms with Gasteiger partial charge in [0.1, 0.15) is 5.82 Å². The van der Waals surface area contributed by atoms with Crippen LogP contribution in [0.15, 0.2) is 48.8 Å². The Labute approximate surface area is 193 Å². The number of hydrogen-bond donors (Lipinski definition) is 1. The van der Waals surface area contributed by atoms with Crippen molar-refractivity contribution < 1.29 is 9.53 Å². The Morgan fingerprint density at radius 1 is 1.16 bits per heavy atom. The van der Waals surface area contributed by atoms with Crippen LogP contribution in [0.3, 0.4) is 0 Å². The molecule has 0 bridgehead atoms. The number of nitrogens with one attached hydrogen (secondary N) is 1. The highest BCUT2D eigenvalue weighted by molar-refractivity contribution is 7.80. The number of aromatic nitrogens is 3. The van der Waals surface area contributed by atoms with Gasteiger partial charge in [-0.25, -0.2) is 4.98 Å². The standard InChI is InChI=1S/C24H27N5O2S/c1-15-8-11-26-20(13-15)29-16(2)14-18(17(29)3)23-22(19-7-5-6-10-25-19)27-24(32)28(23)12-9-21(30)31-4/h5-8,10-11,13-14,22-23H,9,12H2,1-4H3,(H,27,32)/t22-,23-/m0/s1. The molecule has 0 aromatic carbocycles. The summed E-state index contributed by atoms with van der Waals surface area (Å²) in [6.45, 7) is 6.70. The van der Waals surface area contributed by atoms with Crippen LogP contribution in [0, 0.1) is 20.8 Å². The summed E-state index contributed by atoms with van der Waals surface area (Å²) in [5, 5.41) is 4.04. The van der Waals surface area contributed by atoms with E-state index in [4.69, 9.17) is 17.0 Å². The fourth-order valence-corrected chi connectivity index (χ4v) is 4.71. The van der Waals surface area contributed by atoms with Crippen molar-refractivity contribution in [2.75, 3.05) is 13.7 Å². The van der Waals surface area contributed by atoms with Gasteiger partial charge in [-0.2, -0.15) is 0 Å². The smallest absolute Gasteiger partial charge is 0.307 e. The average Bonchev–Trinajstić information content (AvgIpc) is 3.27. The van der Waals surface area contributed by atoms with E-state index in [1.807, 2.05) is 30.5 Å². The third-order valence-corrected chi connectivity index (χ3v) is 6.25. The van der Waals surface area contributed by atoms with Crippen molar-refractivity contribution in [3.05, 3.63) is 77.0 Å². The number of esters is 1. The van der Waals surface area contributed by atoms with Crippen LogP contribution < -0.4 is 5.32 Å². The van der Waals surface area contributed by atoms with E-state index in [-0.39, 0.29) is 24.5 Å². The van der Waals surface area contributed by atoms with Crippen LogP contribution in [-0.4, -0.2) is 44.2 Å². The molecule has 1 saturated heterocycles. The molecular formula is C24H27N5O2S. The van der Waals surface area contributed by atoms with Gasteiger partial charge < -0.3 is 19.5 Å². The lowest BCUT2D eigenvalue weighted by molar-refractivity contribution is -0.140. The topological polar surface area (TPSA) is 72.3 Å². The Morgan fingerprint density at radius 3 is 2.66 bits per heavy atom. The van der Waals surface area contributed by atoms with Gasteiger partial charge in [-0.05, 0) is 74.4 Å². The zero-order valence-electron chi connectivity index (χ0n) is 18.7. The molecule has 0 spiro atoms. The number of nitrogens with zero attached hydrogens (tertiary/aromatic N) is 4. The van der Waals surface area contributed by atoms with Crippen molar-refractivity contribution in [3.8, 4) is 5.82 Å². The lowest BCUT2D eigenvalue weighted by atomic mass is 9.96. The molecule has 3 aromatic heterocycles. The number of hydrogen-bond acceptors (Lipinski definition) is 5. The van der Waals surface area contributed by atoms with Gasteiger partial charge in [-0.1, -0.05) is 6.07 Å². The molecule has 0 saturated carbocycles. The highest BCUT2D eigenvalue weighted by atomic mass is 32.1. The zero-order valence-corrected chi connectivity index (χ0v) is 19.5. The van der Waals surface area contributed by atoms with Crippen molar-refractivity contribution in [3.63, 3.8) is 0 Å². The first-order valence-corrected chi connectivity index (χ1v) is 11.0. The summed E-state index contributed by atoms with van der Waals surface area (Å²) in [5.74, 6) is 0.623. The predicted octanol–water partition coefficient (Wildman–Crippen LogP) is 3.73. The predicted molar refractivity (Wildman–Crippen MR) is 127 cm³/mol. The Hall–Kier alpha value is -3.26. The van der Waals surface area contributed by atoms with Crippen molar-refractivity contribution in [1.29, 1.82) is 0 Å². The minimum absolute atomic E-state index is 0.119. The summed E-state index contributed by atoms with van der Waals surface area (Å²) in [6, 6.07) is 11.9. The number of pyridine rings is 2. The molecule has 4 rings (SSSR count). The molecule has 2 atom stereocenters. The largest absolute Gasteiger partial charge is 0.469 e. The maximum Gasteiger partial charge on any atom is 0.307 e. The molecule has 0 unspecified atom stereocenters. The molecule has 32 heavy (non-hydrogen) atoms. The number of aryl methyl sites for hydroxylation is 2. The van der Waals surface area contributed by atoms with Crippen LogP contribution in [0.4, 0.5) is 0 Å². The highest BCUT2D eigenvalue weighted by Crippen LogP contribution is 2.41. The second kappa shape index (κ2) is 9.08. The molecule has 1 N–H and O–H groups in total. The average molecular weight is 450 g/mol. The summed E-state index contributed by atoms with van der Waals surface area (Å²) in [6.07, 6.45) is 3.87. The first-order valence-electron chi connectivity index (χ1n) is 10.6. The van der Waals surface area contributed by atoms with Gasteiger partial charge in [0.25, 0.3) is 0 Å². The third-order valence-electron chi connectivity index (χ3n) is 5.90. The van der Waals surface area contributed by atoms with E-state index in [9.17, 15) is 4.79 Å². The van der Waals surface area contributed by atoms with Crippen LogP contribution in [0.2, 0.25) is 0 Å². The monoisotopic (exact) mass is 449 g/mol. The van der Waals surface area contributed by atoms with Gasteiger partial charge in [0.2, 0.25) is 0 Å². The summed E-state index contributed by atoms with van der Waals surface area (Å²) in [7, 11) is 1.40. The second-order valence-electron chi connectivity index (χ2n) is 8.00. The molecule has 8 heteroatoms. The number of methoxy groups -OCH3 is 1. The second-order valence-corrected chi connectivity index (χ2v) is 8.39. The molecule has 166 valence electrons. The van der Waals surface area contributed by atoms with E-state index < -0.39 is 0 Å². The maximum atomic E-state index is 11.9. The summed E-state index contributed by atoms with van der Waals surface area (Å²) >= 11 is 5.69. The Bertz CT molecular complexity index is 1140. The van der Waals surface area contributed by atoms with Crippen molar-refractivity contribution in [2.45, 2.75) is 39.3 Å².